The lowest BCUT2D eigenvalue weighted by Crippen LogP contribution is -2.51. The van der Waals surface area contributed by atoms with Gasteiger partial charge in [0, 0.05) is 31.6 Å². The van der Waals surface area contributed by atoms with Crippen LogP contribution in [0.3, 0.4) is 0 Å². The van der Waals surface area contributed by atoms with Crippen molar-refractivity contribution in [3.63, 3.8) is 0 Å². The van der Waals surface area contributed by atoms with Gasteiger partial charge >= 0.3 is 0 Å². The molecule has 2 rings (SSSR count). The van der Waals surface area contributed by atoms with Gasteiger partial charge < -0.3 is 5.11 Å². The van der Waals surface area contributed by atoms with Crippen molar-refractivity contribution in [3.05, 3.63) is 12.7 Å². The quantitative estimate of drug-likeness (QED) is 0.767. The average molecular weight is 288 g/mol. The number of aliphatic hydroxyl groups is 1. The van der Waals surface area contributed by atoms with Crippen molar-refractivity contribution in [1.29, 1.82) is 0 Å². The van der Waals surface area contributed by atoms with Crippen molar-refractivity contribution >= 4 is 10.2 Å². The molecule has 19 heavy (non-hydrogen) atoms. The van der Waals surface area contributed by atoms with Crippen molar-refractivity contribution in [3.8, 4) is 0 Å². The Bertz CT molecular complexity index is 418. The monoisotopic (exact) mass is 288 g/mol. The Kier molecular flexibility index (Phi) is 4.66. The third-order valence-corrected chi connectivity index (χ3v) is 6.24. The first-order valence-corrected chi connectivity index (χ1v) is 8.41. The second-order valence-corrected chi connectivity index (χ2v) is 7.63. The molecule has 0 amide bonds. The van der Waals surface area contributed by atoms with Gasteiger partial charge in [-0.3, -0.25) is 0 Å². The van der Waals surface area contributed by atoms with Gasteiger partial charge in [-0.1, -0.05) is 6.08 Å². The Morgan fingerprint density at radius 3 is 2.37 bits per heavy atom. The Morgan fingerprint density at radius 2 is 1.79 bits per heavy atom. The van der Waals surface area contributed by atoms with Gasteiger partial charge in [-0.25, -0.2) is 0 Å². The predicted molar refractivity (Wildman–Crippen MR) is 74.9 cm³/mol. The van der Waals surface area contributed by atoms with Gasteiger partial charge in [0.2, 0.25) is 0 Å². The Hall–Kier alpha value is -0.430. The van der Waals surface area contributed by atoms with Gasteiger partial charge in [0.05, 0.1) is 6.61 Å². The van der Waals surface area contributed by atoms with Gasteiger partial charge in [-0.2, -0.15) is 17.0 Å². The molecule has 0 aromatic rings. The lowest BCUT2D eigenvalue weighted by molar-refractivity contribution is 0.0648. The molecule has 0 saturated carbocycles. The van der Waals surface area contributed by atoms with Crippen LogP contribution in [0.1, 0.15) is 32.1 Å². The number of allylic oxidation sites excluding steroid dienone is 1. The molecule has 0 aromatic heterocycles. The van der Waals surface area contributed by atoms with E-state index in [9.17, 15) is 13.5 Å². The smallest absolute Gasteiger partial charge is 0.281 e. The van der Waals surface area contributed by atoms with Gasteiger partial charge in [0.25, 0.3) is 10.2 Å². The van der Waals surface area contributed by atoms with Crippen LogP contribution in [-0.2, 0) is 10.2 Å². The van der Waals surface area contributed by atoms with E-state index in [1.807, 2.05) is 0 Å². The van der Waals surface area contributed by atoms with Crippen LogP contribution in [0.4, 0.5) is 0 Å². The zero-order valence-electron chi connectivity index (χ0n) is 11.4. The highest BCUT2D eigenvalue weighted by atomic mass is 32.2. The highest BCUT2D eigenvalue weighted by Crippen LogP contribution is 2.35. The maximum Gasteiger partial charge on any atom is 0.281 e. The lowest BCUT2D eigenvalue weighted by atomic mass is 9.79. The summed E-state index contributed by atoms with van der Waals surface area (Å²) < 4.78 is 28.2. The molecule has 2 heterocycles. The number of hydrogen-bond donors (Lipinski definition) is 1. The van der Waals surface area contributed by atoms with Crippen LogP contribution in [-0.4, -0.2) is 54.9 Å². The molecule has 1 N–H and O–H groups in total. The van der Waals surface area contributed by atoms with E-state index in [2.05, 4.69) is 6.58 Å². The van der Waals surface area contributed by atoms with Crippen molar-refractivity contribution < 1.29 is 13.5 Å². The van der Waals surface area contributed by atoms with E-state index in [1.165, 1.54) is 0 Å². The van der Waals surface area contributed by atoms with E-state index in [-0.39, 0.29) is 12.0 Å². The molecule has 2 aliphatic rings. The molecule has 0 bridgehead atoms. The van der Waals surface area contributed by atoms with Crippen LogP contribution < -0.4 is 0 Å². The van der Waals surface area contributed by atoms with Crippen molar-refractivity contribution in [1.82, 2.24) is 8.61 Å². The number of rotatable bonds is 5. The molecule has 110 valence electrons. The summed E-state index contributed by atoms with van der Waals surface area (Å²) in [7, 11) is -3.34. The van der Waals surface area contributed by atoms with Crippen molar-refractivity contribution in [2.24, 2.45) is 5.41 Å². The fourth-order valence-corrected chi connectivity index (χ4v) is 4.95. The summed E-state index contributed by atoms with van der Waals surface area (Å²) in [6.45, 7) is 5.98. The minimum Gasteiger partial charge on any atom is -0.396 e. The van der Waals surface area contributed by atoms with Gasteiger partial charge in [-0.05, 0) is 32.1 Å². The first kappa shape index (κ1) is 15.0. The maximum atomic E-state index is 12.5. The molecule has 2 fully saturated rings. The Balaban J connectivity index is 2.13. The standard InChI is InChI=1S/C13H24N2O3S/c1-2-6-13(12-16)7-5-10-15(11-13)19(17,18)14-8-3-4-9-14/h2,16H,1,3-12H2/t13-/m0/s1. The summed E-state index contributed by atoms with van der Waals surface area (Å²) in [6, 6.07) is 0. The van der Waals surface area contributed by atoms with E-state index >= 15 is 0 Å². The molecule has 1 atom stereocenters. The zero-order valence-corrected chi connectivity index (χ0v) is 12.2. The number of piperidine rings is 1. The van der Waals surface area contributed by atoms with Crippen LogP contribution in [0.2, 0.25) is 0 Å². The summed E-state index contributed by atoms with van der Waals surface area (Å²) in [5, 5.41) is 9.64. The highest BCUT2D eigenvalue weighted by Gasteiger charge is 2.41. The normalized spacial score (nSPS) is 30.6. The van der Waals surface area contributed by atoms with E-state index in [0.717, 1.165) is 25.7 Å². The molecule has 5 nitrogen and oxygen atoms in total. The molecular weight excluding hydrogens is 264 g/mol. The molecule has 0 aliphatic carbocycles. The van der Waals surface area contributed by atoms with E-state index < -0.39 is 10.2 Å². The summed E-state index contributed by atoms with van der Waals surface area (Å²) in [5.74, 6) is 0. The van der Waals surface area contributed by atoms with Crippen molar-refractivity contribution in [2.75, 3.05) is 32.8 Å². The summed E-state index contributed by atoms with van der Waals surface area (Å²) in [5.41, 5.74) is -0.340. The first-order chi connectivity index (χ1) is 9.04. The predicted octanol–water partition coefficient (Wildman–Crippen LogP) is 0.978. The van der Waals surface area contributed by atoms with E-state index in [1.54, 1.807) is 14.7 Å². The largest absolute Gasteiger partial charge is 0.396 e. The Morgan fingerprint density at radius 1 is 1.16 bits per heavy atom. The Labute approximate surface area is 116 Å². The lowest BCUT2D eigenvalue weighted by Gasteiger charge is -2.41. The molecule has 0 spiro atoms. The minimum absolute atomic E-state index is 0.0189. The van der Waals surface area contributed by atoms with E-state index in [0.29, 0.717) is 32.6 Å². The topological polar surface area (TPSA) is 60.9 Å². The molecule has 6 heteroatoms. The molecule has 0 unspecified atom stereocenters. The molecule has 0 radical (unpaired) electrons. The second kappa shape index (κ2) is 5.91. The van der Waals surface area contributed by atoms with Crippen LogP contribution in [0.15, 0.2) is 12.7 Å². The summed E-state index contributed by atoms with van der Waals surface area (Å²) in [6.07, 6.45) is 6.01. The number of aliphatic hydroxyl groups excluding tert-OH is 1. The summed E-state index contributed by atoms with van der Waals surface area (Å²) in [4.78, 5) is 0. The first-order valence-electron chi connectivity index (χ1n) is 7.01. The number of nitrogens with zero attached hydrogens (tertiary/aromatic N) is 2. The van der Waals surface area contributed by atoms with Gasteiger partial charge in [0.1, 0.15) is 0 Å². The number of hydrogen-bond acceptors (Lipinski definition) is 3. The van der Waals surface area contributed by atoms with Crippen LogP contribution >= 0.6 is 0 Å². The third kappa shape index (κ3) is 3.02. The molecule has 0 aromatic carbocycles. The average Bonchev–Trinajstić information content (AvgIpc) is 2.94. The van der Waals surface area contributed by atoms with Gasteiger partial charge in [-0.15, -0.1) is 6.58 Å². The maximum absolute atomic E-state index is 12.5. The molecule has 2 aliphatic heterocycles. The van der Waals surface area contributed by atoms with Gasteiger partial charge in [0.15, 0.2) is 0 Å². The highest BCUT2D eigenvalue weighted by molar-refractivity contribution is 7.86. The van der Waals surface area contributed by atoms with Crippen LogP contribution in [0, 0.1) is 5.41 Å². The minimum atomic E-state index is -3.34. The van der Waals surface area contributed by atoms with Crippen LogP contribution in [0.5, 0.6) is 0 Å². The third-order valence-electron chi connectivity index (χ3n) is 4.26. The summed E-state index contributed by atoms with van der Waals surface area (Å²) >= 11 is 0. The van der Waals surface area contributed by atoms with Crippen LogP contribution in [0.25, 0.3) is 0 Å². The molecule has 2 saturated heterocycles. The second-order valence-electron chi connectivity index (χ2n) is 5.70. The fourth-order valence-electron chi connectivity index (χ4n) is 3.11. The van der Waals surface area contributed by atoms with Crippen molar-refractivity contribution in [2.45, 2.75) is 32.1 Å². The van der Waals surface area contributed by atoms with E-state index in [4.69, 9.17) is 0 Å². The zero-order chi connectivity index (χ0) is 13.9. The fraction of sp³-hybridized carbons (Fsp3) is 0.846. The SMILES string of the molecule is C=CC[C@]1(CO)CCCN(S(=O)(=O)N2CCCC2)C1. The molecular formula is C13H24N2O3S.